The number of fused-ring (bicyclic) bond motifs is 4. The molecule has 8 nitrogen and oxygen atoms in total. The number of hydrogen-bond acceptors (Lipinski definition) is 6. The maximum absolute atomic E-state index is 13.5. The maximum atomic E-state index is 13.5. The molecule has 218 valence electrons. The first-order valence-electron chi connectivity index (χ1n) is 14.6. The van der Waals surface area contributed by atoms with Crippen molar-refractivity contribution in [2.24, 2.45) is 17.8 Å². The number of carboxylic acid groups (broad SMARTS) is 1. The van der Waals surface area contributed by atoms with Gasteiger partial charge in [-0.15, -0.1) is 0 Å². The summed E-state index contributed by atoms with van der Waals surface area (Å²) in [4.78, 5) is 39.0. The molecular formula is C33H39NO7. The zero-order valence-electron chi connectivity index (χ0n) is 23.8. The van der Waals surface area contributed by atoms with Crippen LogP contribution in [0.2, 0.25) is 0 Å². The minimum absolute atomic E-state index is 0.0990. The van der Waals surface area contributed by atoms with E-state index in [1.54, 1.807) is 13.2 Å². The van der Waals surface area contributed by atoms with Gasteiger partial charge in [0, 0.05) is 31.4 Å². The zero-order valence-corrected chi connectivity index (χ0v) is 23.8. The molecule has 4 atom stereocenters. The summed E-state index contributed by atoms with van der Waals surface area (Å²) in [7, 11) is 1.65. The van der Waals surface area contributed by atoms with Crippen LogP contribution >= 0.6 is 0 Å². The summed E-state index contributed by atoms with van der Waals surface area (Å²) in [5.41, 5.74) is 4.47. The highest BCUT2D eigenvalue weighted by Gasteiger charge is 2.56. The molecule has 2 fully saturated rings. The second-order valence-corrected chi connectivity index (χ2v) is 11.5. The van der Waals surface area contributed by atoms with Crippen LogP contribution in [0.1, 0.15) is 57.4 Å². The van der Waals surface area contributed by atoms with Gasteiger partial charge in [-0.3, -0.25) is 19.3 Å². The van der Waals surface area contributed by atoms with Gasteiger partial charge in [-0.2, -0.15) is 0 Å². The molecule has 2 saturated heterocycles. The lowest BCUT2D eigenvalue weighted by atomic mass is 9.69. The quantitative estimate of drug-likeness (QED) is 0.204. The molecule has 8 heteroatoms. The van der Waals surface area contributed by atoms with E-state index < -0.39 is 11.9 Å². The van der Waals surface area contributed by atoms with E-state index in [9.17, 15) is 19.5 Å². The average molecular weight is 562 g/mol. The molecule has 2 aliphatic heterocycles. The number of imide groups is 1. The Morgan fingerprint density at radius 2 is 1.83 bits per heavy atom. The van der Waals surface area contributed by atoms with Gasteiger partial charge in [0.05, 0.1) is 31.2 Å². The Kier molecular flexibility index (Phi) is 8.90. The number of nitrogens with zero attached hydrogens (tertiary/aromatic N) is 1. The molecule has 1 aliphatic carbocycles. The van der Waals surface area contributed by atoms with Gasteiger partial charge >= 0.3 is 5.97 Å². The van der Waals surface area contributed by atoms with Crippen molar-refractivity contribution < 1.29 is 34.1 Å². The Hall–Kier alpha value is -3.49. The van der Waals surface area contributed by atoms with E-state index in [0.29, 0.717) is 45.4 Å². The lowest BCUT2D eigenvalue weighted by Gasteiger charge is -2.31. The van der Waals surface area contributed by atoms with Crippen molar-refractivity contribution in [2.45, 2.75) is 58.0 Å². The second-order valence-electron chi connectivity index (χ2n) is 11.5. The van der Waals surface area contributed by atoms with Crippen molar-refractivity contribution in [3.05, 3.63) is 58.7 Å². The van der Waals surface area contributed by atoms with Gasteiger partial charge < -0.3 is 19.7 Å². The fraction of sp³-hybridized carbons (Fsp3) is 0.485. The first-order valence-corrected chi connectivity index (χ1v) is 14.6. The van der Waals surface area contributed by atoms with Crippen molar-refractivity contribution in [1.82, 2.24) is 4.90 Å². The predicted molar refractivity (Wildman–Crippen MR) is 155 cm³/mol. The van der Waals surface area contributed by atoms with Crippen LogP contribution in [0.3, 0.4) is 0 Å². The van der Waals surface area contributed by atoms with E-state index in [1.165, 1.54) is 10.5 Å². The normalized spacial score (nSPS) is 24.3. The van der Waals surface area contributed by atoms with Gasteiger partial charge in [-0.05, 0) is 67.2 Å². The Morgan fingerprint density at radius 3 is 2.59 bits per heavy atom. The van der Waals surface area contributed by atoms with Crippen LogP contribution in [-0.4, -0.2) is 65.9 Å². The molecule has 0 aromatic heterocycles. The summed E-state index contributed by atoms with van der Waals surface area (Å²) in [6, 6.07) is 11.5. The molecule has 0 bridgehead atoms. The highest BCUT2D eigenvalue weighted by molar-refractivity contribution is 6.06. The number of methoxy groups -OCH3 is 1. The number of phenols is 1. The fourth-order valence-electron chi connectivity index (χ4n) is 6.92. The maximum Gasteiger partial charge on any atom is 0.303 e. The Morgan fingerprint density at radius 1 is 1.05 bits per heavy atom. The van der Waals surface area contributed by atoms with E-state index in [-0.39, 0.29) is 41.9 Å². The van der Waals surface area contributed by atoms with Crippen LogP contribution < -0.4 is 0 Å². The van der Waals surface area contributed by atoms with Crippen LogP contribution in [0.25, 0.3) is 16.8 Å². The third kappa shape index (κ3) is 5.95. The molecule has 0 spiro atoms. The van der Waals surface area contributed by atoms with E-state index in [0.717, 1.165) is 40.3 Å². The van der Waals surface area contributed by atoms with Crippen LogP contribution in [0.15, 0.2) is 53.1 Å². The number of benzene rings is 2. The molecule has 0 unspecified atom stereocenters. The molecule has 3 aliphatic rings. The monoisotopic (exact) mass is 561 g/mol. The number of likely N-dealkylation sites (tertiary alicyclic amines) is 1. The number of rotatable bonds is 12. The molecule has 2 amide bonds. The summed E-state index contributed by atoms with van der Waals surface area (Å²) in [5, 5.41) is 20.9. The summed E-state index contributed by atoms with van der Waals surface area (Å²) < 4.78 is 11.9. The fourth-order valence-corrected chi connectivity index (χ4v) is 6.92. The molecule has 0 saturated carbocycles. The summed E-state index contributed by atoms with van der Waals surface area (Å²) in [5.74, 6) is -1.70. The Balaban J connectivity index is 1.28. The number of carbonyl (C=O) groups is 3. The number of amides is 2. The van der Waals surface area contributed by atoms with Crippen LogP contribution in [0.4, 0.5) is 0 Å². The second kappa shape index (κ2) is 12.6. The molecule has 2 heterocycles. The first kappa shape index (κ1) is 29.0. The SMILES string of the molecule is COCC1=C2[C@@H](CC/C(C)=C/c3ccc(O)c4ccccc34)OC[C@@H]2[C@@H]2C(=O)N(CCCCCC(=O)O)C(=O)[C@@H]2C1. The van der Waals surface area contributed by atoms with Gasteiger partial charge in [0.15, 0.2) is 0 Å². The minimum Gasteiger partial charge on any atom is -0.507 e. The Bertz CT molecular complexity index is 1390. The van der Waals surface area contributed by atoms with E-state index in [1.807, 2.05) is 30.3 Å². The number of ether oxygens (including phenoxy) is 2. The van der Waals surface area contributed by atoms with Gasteiger partial charge in [0.2, 0.25) is 11.8 Å². The molecule has 5 rings (SSSR count). The predicted octanol–water partition coefficient (Wildman–Crippen LogP) is 5.34. The lowest BCUT2D eigenvalue weighted by molar-refractivity contribution is -0.141. The van der Waals surface area contributed by atoms with Crippen molar-refractivity contribution >= 4 is 34.6 Å². The molecule has 2 N–H and O–H groups in total. The standard InChI is InChI=1S/C33H39NO7/c1-20(16-21-12-13-27(35)24-9-6-5-8-23(21)24)11-14-28-30-22(18-40-2)17-25-31(26(30)19-41-28)33(39)34(32(25)38)15-7-3-4-10-29(36)37/h5-6,8-9,12-13,16,25-26,28,31,35H,3-4,7,10-11,14-15,17-19H2,1-2H3,(H,36,37)/b20-16+/t25-,26+,28-,31-/m1/s1. The first-order chi connectivity index (χ1) is 19.8. The number of unbranched alkanes of at least 4 members (excludes halogenated alkanes) is 2. The van der Waals surface area contributed by atoms with Gasteiger partial charge in [-0.25, -0.2) is 0 Å². The van der Waals surface area contributed by atoms with E-state index >= 15 is 0 Å². The average Bonchev–Trinajstić information content (AvgIpc) is 3.48. The summed E-state index contributed by atoms with van der Waals surface area (Å²) >= 11 is 0. The number of carboxylic acids is 1. The minimum atomic E-state index is -0.830. The molecule has 41 heavy (non-hydrogen) atoms. The van der Waals surface area contributed by atoms with Crippen LogP contribution in [-0.2, 0) is 23.9 Å². The number of aliphatic carboxylic acids is 1. The van der Waals surface area contributed by atoms with E-state index in [2.05, 4.69) is 13.0 Å². The van der Waals surface area contributed by atoms with Crippen molar-refractivity contribution in [3.8, 4) is 5.75 Å². The van der Waals surface area contributed by atoms with Gasteiger partial charge in [-0.1, -0.05) is 48.4 Å². The molecule has 2 aromatic rings. The van der Waals surface area contributed by atoms with Crippen molar-refractivity contribution in [3.63, 3.8) is 0 Å². The van der Waals surface area contributed by atoms with Crippen molar-refractivity contribution in [1.29, 1.82) is 0 Å². The van der Waals surface area contributed by atoms with Gasteiger partial charge in [0.1, 0.15) is 5.75 Å². The van der Waals surface area contributed by atoms with Crippen LogP contribution in [0.5, 0.6) is 5.75 Å². The summed E-state index contributed by atoms with van der Waals surface area (Å²) in [6.07, 6.45) is 6.03. The van der Waals surface area contributed by atoms with Gasteiger partial charge in [0.25, 0.3) is 0 Å². The number of allylic oxidation sites excluding steroid dienone is 1. The number of carbonyl (C=O) groups excluding carboxylic acids is 2. The number of phenolic OH excluding ortho intramolecular Hbond substituents is 1. The smallest absolute Gasteiger partial charge is 0.303 e. The Labute approximate surface area is 240 Å². The summed E-state index contributed by atoms with van der Waals surface area (Å²) in [6.45, 7) is 3.28. The molecule has 2 aromatic carbocycles. The molecule has 0 radical (unpaired) electrons. The van der Waals surface area contributed by atoms with E-state index in [4.69, 9.17) is 14.6 Å². The number of aromatic hydroxyl groups is 1. The zero-order chi connectivity index (χ0) is 29.1. The lowest BCUT2D eigenvalue weighted by Crippen LogP contribution is -2.35. The third-order valence-corrected chi connectivity index (χ3v) is 8.83. The third-order valence-electron chi connectivity index (χ3n) is 8.83. The largest absolute Gasteiger partial charge is 0.507 e. The van der Waals surface area contributed by atoms with Crippen LogP contribution in [0, 0.1) is 17.8 Å². The molecular weight excluding hydrogens is 522 g/mol. The number of hydrogen-bond donors (Lipinski definition) is 2. The highest BCUT2D eigenvalue weighted by Crippen LogP contribution is 2.50. The van der Waals surface area contributed by atoms with Crippen molar-refractivity contribution in [2.75, 3.05) is 26.9 Å². The highest BCUT2D eigenvalue weighted by atomic mass is 16.5. The topological polar surface area (TPSA) is 113 Å².